The summed E-state index contributed by atoms with van der Waals surface area (Å²) in [6.45, 7) is 2.16. The van der Waals surface area contributed by atoms with Gasteiger partial charge in [0.15, 0.2) is 0 Å². The lowest BCUT2D eigenvalue weighted by molar-refractivity contribution is -0.139. The summed E-state index contributed by atoms with van der Waals surface area (Å²) in [4.78, 5) is 10.6. The van der Waals surface area contributed by atoms with Gasteiger partial charge < -0.3 is 10.8 Å². The quantitative estimate of drug-likeness (QED) is 0.704. The fraction of sp³-hybridized carbons (Fsp3) is 0.900. The van der Waals surface area contributed by atoms with Crippen LogP contribution >= 0.6 is 0 Å². The molecule has 0 aromatic heterocycles. The van der Waals surface area contributed by atoms with Crippen molar-refractivity contribution in [3.63, 3.8) is 0 Å². The molecule has 3 N–H and O–H groups in total. The van der Waals surface area contributed by atoms with Crippen molar-refractivity contribution in [2.45, 2.75) is 51.5 Å². The van der Waals surface area contributed by atoms with Crippen LogP contribution in [0.15, 0.2) is 0 Å². The summed E-state index contributed by atoms with van der Waals surface area (Å²) in [5, 5.41) is 8.70. The Labute approximate surface area is 79.3 Å². The van der Waals surface area contributed by atoms with Crippen LogP contribution in [0.1, 0.15) is 45.4 Å². The fourth-order valence-electron chi connectivity index (χ4n) is 2.23. The third-order valence-corrected chi connectivity index (χ3v) is 3.09. The standard InChI is InChI=1S/C10H19NO2/c1-10(5-3-2-4-6-10)7-8(11)9(12)13/h8H,2-7,11H2,1H3,(H,12,13). The fourth-order valence-corrected chi connectivity index (χ4v) is 2.23. The van der Waals surface area contributed by atoms with E-state index in [9.17, 15) is 4.79 Å². The molecule has 0 aromatic rings. The van der Waals surface area contributed by atoms with E-state index in [1.165, 1.54) is 19.3 Å². The lowest BCUT2D eigenvalue weighted by atomic mass is 9.72. The molecule has 76 valence electrons. The number of carboxylic acid groups (broad SMARTS) is 1. The molecule has 1 aliphatic rings. The molecular weight excluding hydrogens is 166 g/mol. The molecule has 0 heterocycles. The van der Waals surface area contributed by atoms with Crippen LogP contribution < -0.4 is 5.73 Å². The summed E-state index contributed by atoms with van der Waals surface area (Å²) in [5.74, 6) is -0.869. The lowest BCUT2D eigenvalue weighted by Crippen LogP contribution is -2.37. The first kappa shape index (κ1) is 10.5. The van der Waals surface area contributed by atoms with Crippen LogP contribution in [-0.2, 0) is 4.79 Å². The van der Waals surface area contributed by atoms with Gasteiger partial charge in [-0.1, -0.05) is 26.2 Å². The third kappa shape index (κ3) is 2.99. The van der Waals surface area contributed by atoms with Gasteiger partial charge in [-0.3, -0.25) is 4.79 Å². The second-order valence-electron chi connectivity index (χ2n) is 4.52. The van der Waals surface area contributed by atoms with Gasteiger partial charge in [-0.15, -0.1) is 0 Å². The van der Waals surface area contributed by atoms with E-state index in [2.05, 4.69) is 6.92 Å². The molecule has 1 fully saturated rings. The molecule has 1 rings (SSSR count). The first-order valence-electron chi connectivity index (χ1n) is 5.02. The van der Waals surface area contributed by atoms with E-state index >= 15 is 0 Å². The summed E-state index contributed by atoms with van der Waals surface area (Å²) in [6.07, 6.45) is 6.63. The summed E-state index contributed by atoms with van der Waals surface area (Å²) in [5.41, 5.74) is 5.71. The molecule has 0 radical (unpaired) electrons. The van der Waals surface area contributed by atoms with Gasteiger partial charge in [0, 0.05) is 0 Å². The zero-order chi connectivity index (χ0) is 9.90. The van der Waals surface area contributed by atoms with E-state index in [0.717, 1.165) is 12.8 Å². The minimum absolute atomic E-state index is 0.177. The summed E-state index contributed by atoms with van der Waals surface area (Å²) in [7, 11) is 0. The normalized spacial score (nSPS) is 23.8. The highest BCUT2D eigenvalue weighted by Gasteiger charge is 2.30. The first-order chi connectivity index (χ1) is 6.03. The minimum atomic E-state index is -0.869. The second kappa shape index (κ2) is 4.09. The number of aliphatic carboxylic acids is 1. The Kier molecular flexibility index (Phi) is 3.31. The number of hydrogen-bond acceptors (Lipinski definition) is 2. The van der Waals surface area contributed by atoms with E-state index < -0.39 is 12.0 Å². The minimum Gasteiger partial charge on any atom is -0.480 e. The van der Waals surface area contributed by atoms with Gasteiger partial charge >= 0.3 is 5.97 Å². The van der Waals surface area contributed by atoms with Crippen molar-refractivity contribution in [2.24, 2.45) is 11.1 Å². The zero-order valence-electron chi connectivity index (χ0n) is 8.25. The van der Waals surface area contributed by atoms with Crippen LogP contribution in [0.4, 0.5) is 0 Å². The average Bonchev–Trinajstić information content (AvgIpc) is 2.04. The summed E-state index contributed by atoms with van der Waals surface area (Å²) < 4.78 is 0. The average molecular weight is 185 g/mol. The molecule has 1 saturated carbocycles. The van der Waals surface area contributed by atoms with E-state index in [1.54, 1.807) is 0 Å². The Morgan fingerprint density at radius 1 is 1.46 bits per heavy atom. The Morgan fingerprint density at radius 2 is 2.00 bits per heavy atom. The van der Waals surface area contributed by atoms with E-state index in [1.807, 2.05) is 0 Å². The molecule has 0 spiro atoms. The molecule has 1 unspecified atom stereocenters. The number of hydrogen-bond donors (Lipinski definition) is 2. The monoisotopic (exact) mass is 185 g/mol. The number of nitrogens with two attached hydrogens (primary N) is 1. The molecule has 13 heavy (non-hydrogen) atoms. The maximum Gasteiger partial charge on any atom is 0.320 e. The van der Waals surface area contributed by atoms with Crippen molar-refractivity contribution in [3.8, 4) is 0 Å². The predicted octanol–water partition coefficient (Wildman–Crippen LogP) is 1.76. The number of carbonyl (C=O) groups is 1. The first-order valence-corrected chi connectivity index (χ1v) is 5.02. The molecule has 0 amide bonds. The second-order valence-corrected chi connectivity index (χ2v) is 4.52. The molecule has 0 aromatic carbocycles. The van der Waals surface area contributed by atoms with E-state index in [4.69, 9.17) is 10.8 Å². The molecule has 1 atom stereocenters. The third-order valence-electron chi connectivity index (χ3n) is 3.09. The van der Waals surface area contributed by atoms with Crippen LogP contribution in [0.5, 0.6) is 0 Å². The van der Waals surface area contributed by atoms with Gasteiger partial charge in [0.05, 0.1) is 0 Å². The van der Waals surface area contributed by atoms with Gasteiger partial charge in [-0.05, 0) is 24.7 Å². The van der Waals surface area contributed by atoms with Crippen LogP contribution in [0.3, 0.4) is 0 Å². The summed E-state index contributed by atoms with van der Waals surface area (Å²) in [6, 6.07) is -0.678. The molecule has 0 saturated heterocycles. The molecule has 1 aliphatic carbocycles. The van der Waals surface area contributed by atoms with Crippen molar-refractivity contribution < 1.29 is 9.90 Å². The maximum atomic E-state index is 10.6. The molecule has 3 nitrogen and oxygen atoms in total. The van der Waals surface area contributed by atoms with Gasteiger partial charge in [0.25, 0.3) is 0 Å². The van der Waals surface area contributed by atoms with Crippen molar-refractivity contribution in [3.05, 3.63) is 0 Å². The SMILES string of the molecule is CC1(CC(N)C(=O)O)CCCCC1. The highest BCUT2D eigenvalue weighted by Crippen LogP contribution is 2.39. The molecular formula is C10H19NO2. The molecule has 0 aliphatic heterocycles. The zero-order valence-corrected chi connectivity index (χ0v) is 8.25. The smallest absolute Gasteiger partial charge is 0.320 e. The topological polar surface area (TPSA) is 63.3 Å². The highest BCUT2D eigenvalue weighted by molar-refractivity contribution is 5.73. The van der Waals surface area contributed by atoms with Crippen molar-refractivity contribution >= 4 is 5.97 Å². The van der Waals surface area contributed by atoms with E-state index in [-0.39, 0.29) is 5.41 Å². The highest BCUT2D eigenvalue weighted by atomic mass is 16.4. The summed E-state index contributed by atoms with van der Waals surface area (Å²) >= 11 is 0. The van der Waals surface area contributed by atoms with Crippen LogP contribution in [0.2, 0.25) is 0 Å². The Balaban J connectivity index is 2.45. The Bertz CT molecular complexity index is 185. The Hall–Kier alpha value is -0.570. The van der Waals surface area contributed by atoms with Gasteiger partial charge in [-0.25, -0.2) is 0 Å². The maximum absolute atomic E-state index is 10.6. The van der Waals surface area contributed by atoms with Gasteiger partial charge in [-0.2, -0.15) is 0 Å². The number of carboxylic acids is 1. The van der Waals surface area contributed by atoms with Crippen molar-refractivity contribution in [1.29, 1.82) is 0 Å². The van der Waals surface area contributed by atoms with Gasteiger partial charge in [0.1, 0.15) is 6.04 Å². The predicted molar refractivity (Wildman–Crippen MR) is 51.4 cm³/mol. The van der Waals surface area contributed by atoms with Crippen LogP contribution in [-0.4, -0.2) is 17.1 Å². The van der Waals surface area contributed by atoms with Crippen LogP contribution in [0, 0.1) is 5.41 Å². The van der Waals surface area contributed by atoms with Gasteiger partial charge in [0.2, 0.25) is 0 Å². The lowest BCUT2D eigenvalue weighted by Gasteiger charge is -2.34. The molecule has 0 bridgehead atoms. The van der Waals surface area contributed by atoms with E-state index in [0.29, 0.717) is 6.42 Å². The number of rotatable bonds is 3. The Morgan fingerprint density at radius 3 is 2.46 bits per heavy atom. The van der Waals surface area contributed by atoms with Crippen molar-refractivity contribution in [2.75, 3.05) is 0 Å². The van der Waals surface area contributed by atoms with Crippen LogP contribution in [0.25, 0.3) is 0 Å². The molecule has 3 heteroatoms. The largest absolute Gasteiger partial charge is 0.480 e. The van der Waals surface area contributed by atoms with Crippen molar-refractivity contribution in [1.82, 2.24) is 0 Å².